The molecule has 9 heteroatoms. The lowest BCUT2D eigenvalue weighted by atomic mass is 10.1. The first-order valence-corrected chi connectivity index (χ1v) is 9.45. The molecule has 1 saturated heterocycles. The highest BCUT2D eigenvalue weighted by Crippen LogP contribution is 2.22. The summed E-state index contributed by atoms with van der Waals surface area (Å²) in [6, 6.07) is 5.32. The lowest BCUT2D eigenvalue weighted by molar-refractivity contribution is 0.0597. The summed E-state index contributed by atoms with van der Waals surface area (Å²) in [5.41, 5.74) is 7.41. The van der Waals surface area contributed by atoms with Crippen LogP contribution in [0.1, 0.15) is 15.9 Å². The predicted octanol–water partition coefficient (Wildman–Crippen LogP) is 1.58. The van der Waals surface area contributed by atoms with Crippen molar-refractivity contribution in [1.29, 1.82) is 0 Å². The minimum absolute atomic E-state index is 0.378. The Hall–Kier alpha value is -2.81. The Morgan fingerprint density at radius 3 is 2.70 bits per heavy atom. The van der Waals surface area contributed by atoms with Crippen LogP contribution in [0.25, 0.3) is 0 Å². The van der Waals surface area contributed by atoms with Gasteiger partial charge in [-0.15, -0.1) is 11.3 Å². The van der Waals surface area contributed by atoms with E-state index in [0.29, 0.717) is 23.8 Å². The number of aromatic nitrogens is 1. The summed E-state index contributed by atoms with van der Waals surface area (Å²) in [4.78, 5) is 25.0. The number of aliphatic imine (C=N–C) groups is 1. The Morgan fingerprint density at radius 1 is 1.30 bits per heavy atom. The van der Waals surface area contributed by atoms with E-state index in [-0.39, 0.29) is 0 Å². The van der Waals surface area contributed by atoms with Crippen molar-refractivity contribution >= 4 is 28.4 Å². The molecule has 0 spiro atoms. The van der Waals surface area contributed by atoms with Crippen LogP contribution in [0.2, 0.25) is 0 Å². The topological polar surface area (TPSA) is 93.3 Å². The molecule has 0 amide bonds. The van der Waals surface area contributed by atoms with Gasteiger partial charge < -0.3 is 25.0 Å². The van der Waals surface area contributed by atoms with Crippen molar-refractivity contribution in [2.24, 2.45) is 10.7 Å². The van der Waals surface area contributed by atoms with Crippen LogP contribution in [-0.4, -0.2) is 62.2 Å². The molecule has 0 bridgehead atoms. The van der Waals surface area contributed by atoms with Gasteiger partial charge in [0.1, 0.15) is 11.3 Å². The number of ether oxygens (including phenoxy) is 2. The van der Waals surface area contributed by atoms with Gasteiger partial charge in [-0.05, 0) is 17.7 Å². The Balaban J connectivity index is 1.61. The molecular weight excluding hydrogens is 366 g/mol. The van der Waals surface area contributed by atoms with Crippen LogP contribution in [0.15, 0.2) is 34.8 Å². The van der Waals surface area contributed by atoms with Crippen LogP contribution in [0.3, 0.4) is 0 Å². The fourth-order valence-corrected chi connectivity index (χ4v) is 3.59. The van der Waals surface area contributed by atoms with Crippen LogP contribution in [0.5, 0.6) is 5.75 Å². The summed E-state index contributed by atoms with van der Waals surface area (Å²) >= 11 is 1.64. The normalized spacial score (nSPS) is 15.0. The van der Waals surface area contributed by atoms with Crippen LogP contribution in [0, 0.1) is 0 Å². The van der Waals surface area contributed by atoms with Gasteiger partial charge in [0.15, 0.2) is 11.1 Å². The number of rotatable bonds is 5. The van der Waals surface area contributed by atoms with Gasteiger partial charge in [-0.2, -0.15) is 0 Å². The molecule has 1 fully saturated rings. The van der Waals surface area contributed by atoms with E-state index in [1.165, 1.54) is 14.2 Å². The Kier molecular flexibility index (Phi) is 6.12. The second-order valence-electron chi connectivity index (χ2n) is 5.99. The van der Waals surface area contributed by atoms with E-state index in [1.807, 2.05) is 17.6 Å². The number of carbonyl (C=O) groups is 1. The van der Waals surface area contributed by atoms with Crippen molar-refractivity contribution < 1.29 is 14.3 Å². The molecule has 0 radical (unpaired) electrons. The lowest BCUT2D eigenvalue weighted by Gasteiger charge is -2.35. The number of esters is 1. The summed E-state index contributed by atoms with van der Waals surface area (Å²) in [5, 5.41) is 3.02. The first-order chi connectivity index (χ1) is 13.1. The largest absolute Gasteiger partial charge is 0.496 e. The molecule has 1 aliphatic rings. The number of nitrogens with two attached hydrogens (primary N) is 1. The number of piperazine rings is 1. The van der Waals surface area contributed by atoms with Gasteiger partial charge in [-0.3, -0.25) is 0 Å². The minimum Gasteiger partial charge on any atom is -0.496 e. The third kappa shape index (κ3) is 4.48. The number of hydrogen-bond acceptors (Lipinski definition) is 7. The fourth-order valence-electron chi connectivity index (χ4n) is 2.89. The van der Waals surface area contributed by atoms with Crippen LogP contribution in [-0.2, 0) is 11.3 Å². The molecule has 27 heavy (non-hydrogen) atoms. The maximum absolute atomic E-state index is 11.9. The molecule has 2 N–H and O–H groups in total. The van der Waals surface area contributed by atoms with Gasteiger partial charge in [-0.1, -0.05) is 6.07 Å². The predicted molar refractivity (Wildman–Crippen MR) is 106 cm³/mol. The smallest absolute Gasteiger partial charge is 0.341 e. The average Bonchev–Trinajstić information content (AvgIpc) is 3.26. The highest BCUT2D eigenvalue weighted by molar-refractivity contribution is 7.13. The molecule has 1 aromatic heterocycles. The molecule has 3 rings (SSSR count). The highest BCUT2D eigenvalue weighted by atomic mass is 32.1. The number of carbonyl (C=O) groups excluding carboxylic acids is 1. The minimum atomic E-state index is -0.441. The zero-order valence-corrected chi connectivity index (χ0v) is 16.2. The Morgan fingerprint density at radius 2 is 2.07 bits per heavy atom. The van der Waals surface area contributed by atoms with Crippen LogP contribution in [0.4, 0.5) is 5.13 Å². The van der Waals surface area contributed by atoms with E-state index in [9.17, 15) is 4.79 Å². The quantitative estimate of drug-likeness (QED) is 0.471. The van der Waals surface area contributed by atoms with Gasteiger partial charge >= 0.3 is 5.97 Å². The van der Waals surface area contributed by atoms with E-state index in [1.54, 1.807) is 23.5 Å². The van der Waals surface area contributed by atoms with E-state index in [4.69, 9.17) is 15.2 Å². The summed E-state index contributed by atoms with van der Waals surface area (Å²) in [6.07, 6.45) is 1.82. The van der Waals surface area contributed by atoms with Gasteiger partial charge in [0.25, 0.3) is 0 Å². The molecule has 0 unspecified atom stereocenters. The van der Waals surface area contributed by atoms with E-state index in [2.05, 4.69) is 19.8 Å². The molecule has 8 nitrogen and oxygen atoms in total. The SMILES string of the molecule is COC(=O)c1cc(CN=C(N)N2CCN(c3nccs3)CC2)ccc1OC. The van der Waals surface area contributed by atoms with E-state index >= 15 is 0 Å². The van der Waals surface area contributed by atoms with Gasteiger partial charge in [0, 0.05) is 37.8 Å². The molecule has 0 aliphatic carbocycles. The number of benzene rings is 1. The molecule has 0 atom stereocenters. The van der Waals surface area contributed by atoms with Crippen molar-refractivity contribution in [3.05, 3.63) is 40.9 Å². The van der Waals surface area contributed by atoms with Gasteiger partial charge in [0.2, 0.25) is 0 Å². The maximum atomic E-state index is 11.9. The number of guanidine groups is 1. The van der Waals surface area contributed by atoms with E-state index in [0.717, 1.165) is 36.9 Å². The fraction of sp³-hybridized carbons (Fsp3) is 0.389. The van der Waals surface area contributed by atoms with Crippen LogP contribution >= 0.6 is 11.3 Å². The third-order valence-corrected chi connectivity index (χ3v) is 5.22. The summed E-state index contributed by atoms with van der Waals surface area (Å²) in [5.74, 6) is 0.536. The number of thiazole rings is 1. The average molecular weight is 389 g/mol. The number of nitrogens with zero attached hydrogens (tertiary/aromatic N) is 4. The standard InChI is InChI=1S/C18H23N5O3S/c1-25-15-4-3-13(11-14(15)16(24)26-2)12-21-17(19)22-6-8-23(9-7-22)18-20-5-10-27-18/h3-5,10-11H,6-9,12H2,1-2H3,(H2,19,21). The summed E-state index contributed by atoms with van der Waals surface area (Å²) in [7, 11) is 2.86. The molecule has 144 valence electrons. The third-order valence-electron chi connectivity index (χ3n) is 4.39. The number of anilines is 1. The summed E-state index contributed by atoms with van der Waals surface area (Å²) in [6.45, 7) is 3.69. The molecule has 0 saturated carbocycles. The monoisotopic (exact) mass is 389 g/mol. The Labute approximate surface area is 162 Å². The van der Waals surface area contributed by atoms with Gasteiger partial charge in [0.05, 0.1) is 20.8 Å². The molecule has 2 aromatic rings. The zero-order valence-electron chi connectivity index (χ0n) is 15.4. The molecule has 1 aliphatic heterocycles. The molecule has 1 aromatic carbocycles. The van der Waals surface area contributed by atoms with E-state index < -0.39 is 5.97 Å². The second-order valence-corrected chi connectivity index (χ2v) is 6.86. The maximum Gasteiger partial charge on any atom is 0.341 e. The molecular formula is C18H23N5O3S. The van der Waals surface area contributed by atoms with Crippen molar-refractivity contribution in [1.82, 2.24) is 9.88 Å². The van der Waals surface area contributed by atoms with Crippen molar-refractivity contribution in [2.75, 3.05) is 45.3 Å². The molecule has 2 heterocycles. The first kappa shape index (κ1) is 19.0. The van der Waals surface area contributed by atoms with Gasteiger partial charge in [-0.25, -0.2) is 14.8 Å². The summed E-state index contributed by atoms with van der Waals surface area (Å²) < 4.78 is 10.0. The Bertz CT molecular complexity index is 801. The van der Waals surface area contributed by atoms with Crippen molar-refractivity contribution in [3.8, 4) is 5.75 Å². The van der Waals surface area contributed by atoms with Crippen molar-refractivity contribution in [2.45, 2.75) is 6.54 Å². The first-order valence-electron chi connectivity index (χ1n) is 8.57. The van der Waals surface area contributed by atoms with Crippen LogP contribution < -0.4 is 15.4 Å². The van der Waals surface area contributed by atoms with Crippen molar-refractivity contribution in [3.63, 3.8) is 0 Å². The highest BCUT2D eigenvalue weighted by Gasteiger charge is 2.20. The number of hydrogen-bond donors (Lipinski definition) is 1. The lowest BCUT2D eigenvalue weighted by Crippen LogP contribution is -2.51. The zero-order chi connectivity index (χ0) is 19.2. The number of methoxy groups -OCH3 is 2. The second kappa shape index (κ2) is 8.72.